The van der Waals surface area contributed by atoms with Crippen molar-refractivity contribution in [3.8, 4) is 0 Å². The van der Waals surface area contributed by atoms with Crippen LogP contribution >= 0.6 is 0 Å². The van der Waals surface area contributed by atoms with Gasteiger partial charge in [0.2, 0.25) is 0 Å². The van der Waals surface area contributed by atoms with Gasteiger partial charge < -0.3 is 10.0 Å². The fourth-order valence-electron chi connectivity index (χ4n) is 1.77. The highest BCUT2D eigenvalue weighted by Crippen LogP contribution is 2.08. The van der Waals surface area contributed by atoms with Crippen LogP contribution in [0.5, 0.6) is 0 Å². The fourth-order valence-corrected chi connectivity index (χ4v) is 2.86. The maximum absolute atomic E-state index is 11.2. The second-order valence-corrected chi connectivity index (χ2v) is 6.07. The first-order valence-corrected chi connectivity index (χ1v) is 6.96. The molecule has 1 aliphatic heterocycles. The van der Waals surface area contributed by atoms with Gasteiger partial charge in [0.25, 0.3) is 0 Å². The molecule has 1 rings (SSSR count). The zero-order valence-electron chi connectivity index (χ0n) is 8.68. The number of sulfone groups is 1. The lowest BCUT2D eigenvalue weighted by molar-refractivity contribution is -0.134. The normalized spacial score (nSPS) is 18.1. The molecular formula is C9H17NO4S. The highest BCUT2D eigenvalue weighted by Gasteiger charge is 2.17. The Morgan fingerprint density at radius 2 is 1.87 bits per heavy atom. The maximum atomic E-state index is 11.2. The lowest BCUT2D eigenvalue weighted by Crippen LogP contribution is -2.24. The lowest BCUT2D eigenvalue weighted by Gasteiger charge is -2.13. The van der Waals surface area contributed by atoms with Crippen molar-refractivity contribution in [1.29, 1.82) is 0 Å². The van der Waals surface area contributed by atoms with Crippen molar-refractivity contribution >= 4 is 15.8 Å². The van der Waals surface area contributed by atoms with Gasteiger partial charge in [0.1, 0.15) is 5.75 Å². The molecule has 1 heterocycles. The molecule has 1 N–H and O–H groups in total. The lowest BCUT2D eigenvalue weighted by atomic mass is 10.4. The van der Waals surface area contributed by atoms with Gasteiger partial charge in [-0.3, -0.25) is 4.79 Å². The molecule has 15 heavy (non-hydrogen) atoms. The van der Waals surface area contributed by atoms with E-state index in [1.54, 1.807) is 0 Å². The first kappa shape index (κ1) is 12.4. The maximum Gasteiger partial charge on any atom is 0.318 e. The van der Waals surface area contributed by atoms with E-state index in [2.05, 4.69) is 4.90 Å². The number of likely N-dealkylation sites (tertiary alicyclic amines) is 1. The summed E-state index contributed by atoms with van der Waals surface area (Å²) in [5, 5.41) is 8.37. The number of carboxylic acids is 1. The van der Waals surface area contributed by atoms with Crippen LogP contribution < -0.4 is 0 Å². The van der Waals surface area contributed by atoms with Crippen molar-refractivity contribution in [2.45, 2.75) is 19.3 Å². The van der Waals surface area contributed by atoms with Crippen molar-refractivity contribution in [1.82, 2.24) is 4.90 Å². The van der Waals surface area contributed by atoms with Crippen LogP contribution in [0.2, 0.25) is 0 Å². The van der Waals surface area contributed by atoms with E-state index < -0.39 is 21.6 Å². The van der Waals surface area contributed by atoms with E-state index in [9.17, 15) is 13.2 Å². The molecule has 0 bridgehead atoms. The topological polar surface area (TPSA) is 74.7 Å². The number of hydrogen-bond donors (Lipinski definition) is 1. The van der Waals surface area contributed by atoms with Crippen LogP contribution in [0, 0.1) is 0 Å². The van der Waals surface area contributed by atoms with E-state index in [0.29, 0.717) is 6.42 Å². The van der Waals surface area contributed by atoms with Crippen LogP contribution in [0.15, 0.2) is 0 Å². The zero-order chi connectivity index (χ0) is 11.3. The fraction of sp³-hybridized carbons (Fsp3) is 0.889. The predicted octanol–water partition coefficient (Wildman–Crippen LogP) is -0.0283. The van der Waals surface area contributed by atoms with E-state index in [0.717, 1.165) is 19.6 Å². The highest BCUT2D eigenvalue weighted by molar-refractivity contribution is 7.92. The molecule has 5 nitrogen and oxygen atoms in total. The number of rotatable bonds is 6. The molecule has 1 saturated heterocycles. The van der Waals surface area contributed by atoms with Gasteiger partial charge in [0, 0.05) is 0 Å². The van der Waals surface area contributed by atoms with Crippen LogP contribution in [0.3, 0.4) is 0 Å². The van der Waals surface area contributed by atoms with Gasteiger partial charge in [-0.1, -0.05) is 0 Å². The summed E-state index contributed by atoms with van der Waals surface area (Å²) in [5.74, 6) is -2.03. The Morgan fingerprint density at radius 1 is 1.27 bits per heavy atom. The molecule has 0 amide bonds. The summed E-state index contributed by atoms with van der Waals surface area (Å²) < 4.78 is 22.4. The van der Waals surface area contributed by atoms with Gasteiger partial charge in [-0.2, -0.15) is 0 Å². The molecule has 1 fully saturated rings. The van der Waals surface area contributed by atoms with E-state index in [4.69, 9.17) is 5.11 Å². The molecule has 0 unspecified atom stereocenters. The SMILES string of the molecule is O=C(O)CS(=O)(=O)CCCN1CCCC1. The van der Waals surface area contributed by atoms with Crippen molar-refractivity contribution in [2.24, 2.45) is 0 Å². The number of hydrogen-bond acceptors (Lipinski definition) is 4. The average molecular weight is 235 g/mol. The summed E-state index contributed by atoms with van der Waals surface area (Å²) in [6.07, 6.45) is 2.90. The Kier molecular flexibility index (Phi) is 4.53. The van der Waals surface area contributed by atoms with E-state index in [1.165, 1.54) is 12.8 Å². The second kappa shape index (κ2) is 5.46. The molecule has 1 aliphatic rings. The third kappa shape index (κ3) is 5.13. The Hall–Kier alpha value is -0.620. The first-order chi connectivity index (χ1) is 6.99. The number of nitrogens with zero attached hydrogens (tertiary/aromatic N) is 1. The largest absolute Gasteiger partial charge is 0.480 e. The number of carbonyl (C=O) groups is 1. The quantitative estimate of drug-likeness (QED) is 0.700. The van der Waals surface area contributed by atoms with Gasteiger partial charge in [-0.05, 0) is 38.9 Å². The van der Waals surface area contributed by atoms with Crippen LogP contribution in [-0.2, 0) is 14.6 Å². The Balaban J connectivity index is 2.20. The average Bonchev–Trinajstić information content (AvgIpc) is 2.53. The molecule has 0 aromatic rings. The minimum absolute atomic E-state index is 0.0181. The van der Waals surface area contributed by atoms with E-state index in [-0.39, 0.29) is 5.75 Å². The summed E-state index contributed by atoms with van der Waals surface area (Å²) >= 11 is 0. The molecule has 0 aromatic heterocycles. The Bertz CT molecular complexity index is 306. The van der Waals surface area contributed by atoms with Crippen LogP contribution in [0.25, 0.3) is 0 Å². The van der Waals surface area contributed by atoms with E-state index >= 15 is 0 Å². The van der Waals surface area contributed by atoms with Crippen LogP contribution in [0.1, 0.15) is 19.3 Å². The summed E-state index contributed by atoms with van der Waals surface area (Å²) in [5.41, 5.74) is 0. The smallest absolute Gasteiger partial charge is 0.318 e. The Labute approximate surface area is 90.0 Å². The first-order valence-electron chi connectivity index (χ1n) is 5.14. The van der Waals surface area contributed by atoms with Gasteiger partial charge >= 0.3 is 5.97 Å². The van der Waals surface area contributed by atoms with Crippen molar-refractivity contribution < 1.29 is 18.3 Å². The molecule has 0 atom stereocenters. The summed E-state index contributed by atoms with van der Waals surface area (Å²) in [6, 6.07) is 0. The molecule has 0 aromatic carbocycles. The zero-order valence-corrected chi connectivity index (χ0v) is 9.50. The molecule has 0 radical (unpaired) electrons. The third-order valence-electron chi connectivity index (χ3n) is 2.47. The Morgan fingerprint density at radius 3 is 2.40 bits per heavy atom. The molecule has 0 aliphatic carbocycles. The van der Waals surface area contributed by atoms with Gasteiger partial charge in [-0.25, -0.2) is 8.42 Å². The third-order valence-corrected chi connectivity index (χ3v) is 4.07. The predicted molar refractivity (Wildman–Crippen MR) is 56.6 cm³/mol. The minimum Gasteiger partial charge on any atom is -0.480 e. The van der Waals surface area contributed by atoms with Crippen molar-refractivity contribution in [2.75, 3.05) is 31.1 Å². The van der Waals surface area contributed by atoms with Crippen LogP contribution in [0.4, 0.5) is 0 Å². The highest BCUT2D eigenvalue weighted by atomic mass is 32.2. The second-order valence-electron chi connectivity index (χ2n) is 3.89. The monoisotopic (exact) mass is 235 g/mol. The molecule has 0 saturated carbocycles. The van der Waals surface area contributed by atoms with Gasteiger partial charge in [0.05, 0.1) is 5.75 Å². The number of aliphatic carboxylic acids is 1. The molecular weight excluding hydrogens is 218 g/mol. The molecule has 6 heteroatoms. The van der Waals surface area contributed by atoms with E-state index in [1.807, 2.05) is 0 Å². The standard InChI is InChI=1S/C9H17NO4S/c11-9(12)8-15(13,14)7-3-6-10-4-1-2-5-10/h1-8H2,(H,11,12). The van der Waals surface area contributed by atoms with Crippen molar-refractivity contribution in [3.05, 3.63) is 0 Å². The molecule has 88 valence electrons. The van der Waals surface area contributed by atoms with Gasteiger partial charge in [0.15, 0.2) is 9.84 Å². The van der Waals surface area contributed by atoms with Crippen molar-refractivity contribution in [3.63, 3.8) is 0 Å². The van der Waals surface area contributed by atoms with Crippen LogP contribution in [-0.4, -0.2) is 55.5 Å². The minimum atomic E-state index is -3.40. The van der Waals surface area contributed by atoms with Gasteiger partial charge in [-0.15, -0.1) is 0 Å². The molecule has 0 spiro atoms. The summed E-state index contributed by atoms with van der Waals surface area (Å²) in [7, 11) is -3.40. The number of carboxylic acid groups (broad SMARTS) is 1. The summed E-state index contributed by atoms with van der Waals surface area (Å²) in [4.78, 5) is 12.5. The summed E-state index contributed by atoms with van der Waals surface area (Å²) in [6.45, 7) is 2.84.